The lowest BCUT2D eigenvalue weighted by atomic mass is 10.0. The van der Waals surface area contributed by atoms with E-state index in [0.29, 0.717) is 19.3 Å². The van der Waals surface area contributed by atoms with Crippen LogP contribution in [-0.4, -0.2) is 37.2 Å². The van der Waals surface area contributed by atoms with Gasteiger partial charge in [-0.15, -0.1) is 0 Å². The summed E-state index contributed by atoms with van der Waals surface area (Å²) in [6.45, 7) is 6.56. The molecule has 0 aliphatic rings. The summed E-state index contributed by atoms with van der Waals surface area (Å²) >= 11 is 0. The van der Waals surface area contributed by atoms with Crippen molar-refractivity contribution in [2.24, 2.45) is 0 Å². The van der Waals surface area contributed by atoms with E-state index >= 15 is 0 Å². The molecule has 390 valence electrons. The number of ether oxygens (including phenoxy) is 3. The van der Waals surface area contributed by atoms with Crippen molar-refractivity contribution in [3.8, 4) is 0 Å². The van der Waals surface area contributed by atoms with E-state index in [4.69, 9.17) is 14.2 Å². The fourth-order valence-electron chi connectivity index (χ4n) is 8.37. The zero-order chi connectivity index (χ0) is 48.6. The Hall–Kier alpha value is -2.63. The van der Waals surface area contributed by atoms with Crippen molar-refractivity contribution in [2.45, 2.75) is 309 Å². The quantitative estimate of drug-likeness (QED) is 0.0262. The molecular weight excluding hydrogens is 829 g/mol. The number of carbonyl (C=O) groups is 3. The molecule has 0 saturated carbocycles. The summed E-state index contributed by atoms with van der Waals surface area (Å²) in [5.41, 5.74) is 0. The monoisotopic (exact) mass is 939 g/mol. The van der Waals surface area contributed by atoms with Gasteiger partial charge < -0.3 is 14.2 Å². The van der Waals surface area contributed by atoms with Crippen LogP contribution in [0, 0.1) is 0 Å². The summed E-state index contributed by atoms with van der Waals surface area (Å²) in [6, 6.07) is 0. The normalized spacial score (nSPS) is 12.3. The van der Waals surface area contributed by atoms with E-state index in [2.05, 4.69) is 69.4 Å². The average Bonchev–Trinajstić information content (AvgIpc) is 3.33. The summed E-state index contributed by atoms with van der Waals surface area (Å²) < 4.78 is 16.7. The van der Waals surface area contributed by atoms with Crippen molar-refractivity contribution >= 4 is 17.9 Å². The van der Waals surface area contributed by atoms with Crippen LogP contribution in [0.3, 0.4) is 0 Å². The predicted octanol–water partition coefficient (Wildman–Crippen LogP) is 19.4. The molecular formula is C61H110O6. The van der Waals surface area contributed by atoms with E-state index in [9.17, 15) is 14.4 Å². The predicted molar refractivity (Wildman–Crippen MR) is 289 cm³/mol. The number of esters is 3. The molecule has 0 N–H and O–H groups in total. The lowest BCUT2D eigenvalue weighted by molar-refractivity contribution is -0.167. The molecule has 0 aliphatic heterocycles. The molecule has 1 unspecified atom stereocenters. The number of unbranched alkanes of at least 4 members (excludes halogenated alkanes) is 34. The van der Waals surface area contributed by atoms with Gasteiger partial charge in [0.2, 0.25) is 0 Å². The van der Waals surface area contributed by atoms with Crippen LogP contribution in [0.2, 0.25) is 0 Å². The summed E-state index contributed by atoms with van der Waals surface area (Å²) in [6.07, 6.45) is 68.6. The molecule has 67 heavy (non-hydrogen) atoms. The van der Waals surface area contributed by atoms with E-state index in [0.717, 1.165) is 83.5 Å². The minimum atomic E-state index is -0.771. The van der Waals surface area contributed by atoms with Gasteiger partial charge in [0.1, 0.15) is 13.2 Å². The zero-order valence-electron chi connectivity index (χ0n) is 44.7. The van der Waals surface area contributed by atoms with Crippen LogP contribution in [0.1, 0.15) is 303 Å². The maximum Gasteiger partial charge on any atom is 0.306 e. The van der Waals surface area contributed by atoms with Crippen LogP contribution in [0.25, 0.3) is 0 Å². The molecule has 0 saturated heterocycles. The standard InChI is InChI=1S/C61H110O6/c1-4-7-10-13-16-18-20-21-22-23-24-25-26-27-28-29-30-31-32-33-34-35-36-37-38-39-41-42-45-48-51-54-60(63)66-57-58(56-65-59(62)53-50-47-44-15-12-9-6-3)67-61(64)55-52-49-46-43-40-19-17-14-11-8-5-2/h14,17,20-21,23-24,26-27,58H,4-13,15-16,18-19,22,25,28-57H2,1-3H3/b17-14-,21-20-,24-23-,27-26-. The number of hydrogen-bond donors (Lipinski definition) is 0. The maximum absolute atomic E-state index is 12.7. The van der Waals surface area contributed by atoms with Crippen molar-refractivity contribution in [3.63, 3.8) is 0 Å². The molecule has 0 heterocycles. The van der Waals surface area contributed by atoms with Gasteiger partial charge in [-0.05, 0) is 77.0 Å². The van der Waals surface area contributed by atoms with Gasteiger partial charge in [0.25, 0.3) is 0 Å². The van der Waals surface area contributed by atoms with Gasteiger partial charge in [0, 0.05) is 19.3 Å². The summed E-state index contributed by atoms with van der Waals surface area (Å²) in [7, 11) is 0. The van der Waals surface area contributed by atoms with Gasteiger partial charge in [0.05, 0.1) is 0 Å². The first-order chi connectivity index (χ1) is 33.0. The van der Waals surface area contributed by atoms with E-state index in [1.807, 2.05) is 0 Å². The minimum Gasteiger partial charge on any atom is -0.462 e. The number of hydrogen-bond acceptors (Lipinski definition) is 6. The Morgan fingerprint density at radius 1 is 0.299 bits per heavy atom. The lowest BCUT2D eigenvalue weighted by Gasteiger charge is -2.18. The molecule has 0 bridgehead atoms. The first-order valence-electron chi connectivity index (χ1n) is 29.1. The van der Waals surface area contributed by atoms with Gasteiger partial charge in [-0.3, -0.25) is 14.4 Å². The van der Waals surface area contributed by atoms with Crippen molar-refractivity contribution in [3.05, 3.63) is 48.6 Å². The first kappa shape index (κ1) is 64.4. The van der Waals surface area contributed by atoms with Gasteiger partial charge in [0.15, 0.2) is 6.10 Å². The Balaban J connectivity index is 3.97. The average molecular weight is 940 g/mol. The molecule has 0 aliphatic carbocycles. The third kappa shape index (κ3) is 54.2. The zero-order valence-corrected chi connectivity index (χ0v) is 44.7. The smallest absolute Gasteiger partial charge is 0.306 e. The molecule has 1 atom stereocenters. The van der Waals surface area contributed by atoms with Crippen LogP contribution in [0.5, 0.6) is 0 Å². The fraction of sp³-hybridized carbons (Fsp3) is 0.820. The molecule has 0 aromatic carbocycles. The van der Waals surface area contributed by atoms with Crippen LogP contribution in [0.15, 0.2) is 48.6 Å². The maximum atomic E-state index is 12.7. The first-order valence-corrected chi connectivity index (χ1v) is 29.1. The van der Waals surface area contributed by atoms with Crippen LogP contribution in [0.4, 0.5) is 0 Å². The third-order valence-electron chi connectivity index (χ3n) is 12.8. The number of carbonyl (C=O) groups excluding carboxylic acids is 3. The van der Waals surface area contributed by atoms with Crippen LogP contribution >= 0.6 is 0 Å². The molecule has 0 aromatic rings. The largest absolute Gasteiger partial charge is 0.462 e. The highest BCUT2D eigenvalue weighted by Gasteiger charge is 2.19. The van der Waals surface area contributed by atoms with Gasteiger partial charge in [-0.2, -0.15) is 0 Å². The Kier molecular flexibility index (Phi) is 53.8. The Labute approximate surface area is 416 Å². The Morgan fingerprint density at radius 2 is 0.552 bits per heavy atom. The van der Waals surface area contributed by atoms with Gasteiger partial charge >= 0.3 is 17.9 Å². The molecule has 6 heteroatoms. The Bertz CT molecular complexity index is 1170. The van der Waals surface area contributed by atoms with Crippen LogP contribution in [-0.2, 0) is 28.6 Å². The Morgan fingerprint density at radius 3 is 0.896 bits per heavy atom. The van der Waals surface area contributed by atoms with Gasteiger partial charge in [-0.25, -0.2) is 0 Å². The summed E-state index contributed by atoms with van der Waals surface area (Å²) in [5.74, 6) is -0.881. The van der Waals surface area contributed by atoms with Crippen molar-refractivity contribution < 1.29 is 28.6 Å². The second-order valence-corrected chi connectivity index (χ2v) is 19.6. The molecule has 0 amide bonds. The van der Waals surface area contributed by atoms with E-state index in [1.54, 1.807) is 0 Å². The highest BCUT2D eigenvalue weighted by Crippen LogP contribution is 2.16. The van der Waals surface area contributed by atoms with Crippen molar-refractivity contribution in [2.75, 3.05) is 13.2 Å². The molecule has 0 spiro atoms. The topological polar surface area (TPSA) is 78.9 Å². The third-order valence-corrected chi connectivity index (χ3v) is 12.8. The van der Waals surface area contributed by atoms with Crippen molar-refractivity contribution in [1.82, 2.24) is 0 Å². The molecule has 6 nitrogen and oxygen atoms in total. The summed E-state index contributed by atoms with van der Waals surface area (Å²) in [4.78, 5) is 37.8. The molecule has 0 rings (SSSR count). The highest BCUT2D eigenvalue weighted by molar-refractivity contribution is 5.71. The van der Waals surface area contributed by atoms with Crippen molar-refractivity contribution in [1.29, 1.82) is 0 Å². The molecule has 0 radical (unpaired) electrons. The second-order valence-electron chi connectivity index (χ2n) is 19.6. The van der Waals surface area contributed by atoms with Crippen LogP contribution < -0.4 is 0 Å². The lowest BCUT2D eigenvalue weighted by Crippen LogP contribution is -2.30. The number of rotatable bonds is 53. The summed E-state index contributed by atoms with van der Waals surface area (Å²) in [5, 5.41) is 0. The number of allylic oxidation sites excluding steroid dienone is 8. The SMILES string of the molecule is CCCC/C=C\CCCCCCCC(=O)OC(COC(=O)CCCCCCCCC)COC(=O)CCCCCCCCCCCCCCCCCC/C=C\C/C=C\C/C=C\CCCCCCC. The van der Waals surface area contributed by atoms with Gasteiger partial charge in [-0.1, -0.05) is 256 Å². The van der Waals surface area contributed by atoms with E-state index in [1.165, 1.54) is 180 Å². The molecule has 0 fully saturated rings. The minimum absolute atomic E-state index is 0.0735. The second kappa shape index (κ2) is 56.0. The fourth-order valence-corrected chi connectivity index (χ4v) is 8.37. The van der Waals surface area contributed by atoms with E-state index < -0.39 is 6.10 Å². The molecule has 0 aromatic heterocycles. The highest BCUT2D eigenvalue weighted by atomic mass is 16.6. The van der Waals surface area contributed by atoms with E-state index in [-0.39, 0.29) is 31.1 Å².